The quantitative estimate of drug-likeness (QED) is 0.500. The van der Waals surface area contributed by atoms with Crippen LogP contribution in [-0.4, -0.2) is 55.0 Å². The van der Waals surface area contributed by atoms with E-state index in [0.29, 0.717) is 30.4 Å². The van der Waals surface area contributed by atoms with Gasteiger partial charge in [-0.25, -0.2) is 9.97 Å². The lowest BCUT2D eigenvalue weighted by Gasteiger charge is -2.42. The number of thiazole rings is 1. The summed E-state index contributed by atoms with van der Waals surface area (Å²) in [6.45, 7) is 7.10. The van der Waals surface area contributed by atoms with Gasteiger partial charge in [-0.15, -0.1) is 11.3 Å². The Morgan fingerprint density at radius 3 is 2.78 bits per heavy atom. The lowest BCUT2D eigenvalue weighted by Crippen LogP contribution is -2.60. The highest BCUT2D eigenvalue weighted by atomic mass is 32.1. The molecular formula is C22H27N7O2S. The minimum atomic E-state index is -0.890. The molecule has 168 valence electrons. The Morgan fingerprint density at radius 2 is 2.09 bits per heavy atom. The average molecular weight is 454 g/mol. The zero-order chi connectivity index (χ0) is 22.5. The van der Waals surface area contributed by atoms with E-state index in [2.05, 4.69) is 30.6 Å². The van der Waals surface area contributed by atoms with Crippen LogP contribution >= 0.6 is 11.3 Å². The summed E-state index contributed by atoms with van der Waals surface area (Å²) in [5, 5.41) is 18.4. The summed E-state index contributed by atoms with van der Waals surface area (Å²) in [4.78, 5) is 32.1. The van der Waals surface area contributed by atoms with E-state index in [9.17, 15) is 9.90 Å². The first kappa shape index (κ1) is 21.2. The normalized spacial score (nSPS) is 19.9. The molecule has 3 N–H and O–H groups in total. The second-order valence-electron chi connectivity index (χ2n) is 9.03. The molecule has 2 aliphatic rings. The highest BCUT2D eigenvalue weighted by molar-refractivity contribution is 7.18. The molecule has 2 unspecified atom stereocenters. The third kappa shape index (κ3) is 4.05. The van der Waals surface area contributed by atoms with Crippen molar-refractivity contribution in [3.8, 4) is 0 Å². The van der Waals surface area contributed by atoms with Gasteiger partial charge in [-0.1, -0.05) is 13.0 Å². The Labute approximate surface area is 190 Å². The van der Waals surface area contributed by atoms with Crippen molar-refractivity contribution in [2.75, 3.05) is 18.4 Å². The Morgan fingerprint density at radius 1 is 1.31 bits per heavy atom. The number of fused-ring (bicyclic) bond motifs is 1. The fraction of sp³-hybridized carbons (Fsp3) is 0.500. The van der Waals surface area contributed by atoms with Gasteiger partial charge in [0.1, 0.15) is 5.69 Å². The third-order valence-corrected chi connectivity index (χ3v) is 7.28. The molecule has 9 nitrogen and oxygen atoms in total. The van der Waals surface area contributed by atoms with E-state index in [1.807, 2.05) is 37.8 Å². The van der Waals surface area contributed by atoms with Gasteiger partial charge in [0, 0.05) is 30.9 Å². The van der Waals surface area contributed by atoms with Crippen LogP contribution in [0.1, 0.15) is 55.2 Å². The molecule has 3 aromatic heterocycles. The van der Waals surface area contributed by atoms with Crippen LogP contribution in [0.3, 0.4) is 0 Å². The van der Waals surface area contributed by atoms with Gasteiger partial charge < -0.3 is 15.7 Å². The summed E-state index contributed by atoms with van der Waals surface area (Å²) in [5.41, 5.74) is 1.94. The SMILES string of the molecule is Cc1nc2nc(NC(C)c3cccnc3)nc(C(O)N3CC(NC(=O)C4(C)CC4)C3)c2s1. The number of nitrogens with zero attached hydrogens (tertiary/aromatic N) is 5. The maximum Gasteiger partial charge on any atom is 0.226 e. The minimum Gasteiger partial charge on any atom is -0.372 e. The number of nitrogens with one attached hydrogen (secondary N) is 2. The van der Waals surface area contributed by atoms with Crippen LogP contribution in [-0.2, 0) is 4.79 Å². The van der Waals surface area contributed by atoms with Crippen LogP contribution in [0.4, 0.5) is 5.95 Å². The van der Waals surface area contributed by atoms with E-state index < -0.39 is 6.23 Å². The number of anilines is 1. The topological polar surface area (TPSA) is 116 Å². The maximum atomic E-state index is 12.3. The Bertz CT molecular complexity index is 1140. The van der Waals surface area contributed by atoms with Gasteiger partial charge in [0.2, 0.25) is 11.9 Å². The first-order valence-corrected chi connectivity index (χ1v) is 11.7. The van der Waals surface area contributed by atoms with Crippen LogP contribution in [0.5, 0.6) is 0 Å². The molecule has 1 amide bonds. The van der Waals surface area contributed by atoms with Gasteiger partial charge >= 0.3 is 0 Å². The second kappa shape index (κ2) is 8.02. The predicted molar refractivity (Wildman–Crippen MR) is 122 cm³/mol. The fourth-order valence-electron chi connectivity index (χ4n) is 3.85. The number of aliphatic hydroxyl groups is 1. The molecule has 0 aromatic carbocycles. The summed E-state index contributed by atoms with van der Waals surface area (Å²) < 4.78 is 0.785. The maximum absolute atomic E-state index is 12.3. The number of aromatic nitrogens is 4. The highest BCUT2D eigenvalue weighted by Gasteiger charge is 2.46. The van der Waals surface area contributed by atoms with E-state index in [4.69, 9.17) is 0 Å². The number of rotatable bonds is 7. The third-order valence-electron chi connectivity index (χ3n) is 6.30. The van der Waals surface area contributed by atoms with Gasteiger partial charge in [0.25, 0.3) is 0 Å². The molecule has 0 spiro atoms. The number of amides is 1. The molecule has 1 aliphatic carbocycles. The van der Waals surface area contributed by atoms with Gasteiger partial charge in [0.05, 0.1) is 21.8 Å². The highest BCUT2D eigenvalue weighted by Crippen LogP contribution is 2.45. The molecule has 1 saturated carbocycles. The zero-order valence-electron chi connectivity index (χ0n) is 18.4. The Hall–Kier alpha value is -2.69. The molecule has 0 bridgehead atoms. The van der Waals surface area contributed by atoms with E-state index in [1.165, 1.54) is 11.3 Å². The molecule has 2 atom stereocenters. The number of carbonyl (C=O) groups excluding carboxylic acids is 1. The molecule has 1 saturated heterocycles. The molecule has 32 heavy (non-hydrogen) atoms. The first-order valence-electron chi connectivity index (χ1n) is 10.9. The number of pyridine rings is 1. The monoisotopic (exact) mass is 453 g/mol. The summed E-state index contributed by atoms with van der Waals surface area (Å²) in [7, 11) is 0. The Kier molecular flexibility index (Phi) is 5.31. The van der Waals surface area contributed by atoms with Gasteiger partial charge in [-0.2, -0.15) is 4.98 Å². The second-order valence-corrected chi connectivity index (χ2v) is 10.2. The van der Waals surface area contributed by atoms with E-state index in [1.54, 1.807) is 12.4 Å². The van der Waals surface area contributed by atoms with Crippen LogP contribution in [0.15, 0.2) is 24.5 Å². The van der Waals surface area contributed by atoms with Crippen LogP contribution < -0.4 is 10.6 Å². The van der Waals surface area contributed by atoms with Crippen molar-refractivity contribution in [3.63, 3.8) is 0 Å². The molecular weight excluding hydrogens is 426 g/mol. The van der Waals surface area contributed by atoms with Gasteiger partial charge in [0.15, 0.2) is 11.9 Å². The van der Waals surface area contributed by atoms with Crippen LogP contribution in [0.2, 0.25) is 0 Å². The largest absolute Gasteiger partial charge is 0.372 e. The van der Waals surface area contributed by atoms with E-state index >= 15 is 0 Å². The van der Waals surface area contributed by atoms with Crippen molar-refractivity contribution in [2.24, 2.45) is 5.41 Å². The van der Waals surface area contributed by atoms with E-state index in [0.717, 1.165) is 28.1 Å². The minimum absolute atomic E-state index is 0.0540. The van der Waals surface area contributed by atoms with Crippen molar-refractivity contribution in [2.45, 2.75) is 51.9 Å². The fourth-order valence-corrected chi connectivity index (χ4v) is 4.71. The standard InChI is InChI=1S/C22H27N7O2S/c1-12(14-5-4-8-23-9-14)24-21-27-16(17-18(28-21)25-13(2)32-17)19(30)29-10-15(11-29)26-20(31)22(3)6-7-22/h4-5,8-9,12,15,19,30H,6-7,10-11H2,1-3H3,(H,26,31)(H,24,27,28). The number of hydrogen-bond donors (Lipinski definition) is 3. The molecule has 10 heteroatoms. The number of carbonyl (C=O) groups is 1. The summed E-state index contributed by atoms with van der Waals surface area (Å²) >= 11 is 1.48. The molecule has 1 aliphatic heterocycles. The first-order chi connectivity index (χ1) is 15.3. The van der Waals surface area contributed by atoms with Gasteiger partial charge in [-0.3, -0.25) is 14.7 Å². The predicted octanol–water partition coefficient (Wildman–Crippen LogP) is 2.55. The lowest BCUT2D eigenvalue weighted by molar-refractivity contribution is -0.129. The number of aliphatic hydroxyl groups excluding tert-OH is 1. The lowest BCUT2D eigenvalue weighted by atomic mass is 10.0. The Balaban J connectivity index is 1.33. The van der Waals surface area contributed by atoms with Gasteiger partial charge in [-0.05, 0) is 38.3 Å². The number of likely N-dealkylation sites (tertiary alicyclic amines) is 1. The number of aryl methyl sites for hydroxylation is 1. The van der Waals surface area contributed by atoms with Crippen molar-refractivity contribution in [3.05, 3.63) is 40.8 Å². The summed E-state index contributed by atoms with van der Waals surface area (Å²) in [6, 6.07) is 3.87. The van der Waals surface area contributed by atoms with Crippen LogP contribution in [0.25, 0.3) is 10.3 Å². The summed E-state index contributed by atoms with van der Waals surface area (Å²) in [6.07, 6.45) is 4.55. The molecule has 4 heterocycles. The number of hydrogen-bond acceptors (Lipinski definition) is 9. The average Bonchev–Trinajstić information content (AvgIpc) is 3.39. The summed E-state index contributed by atoms with van der Waals surface area (Å²) in [5.74, 6) is 0.537. The van der Waals surface area contributed by atoms with E-state index in [-0.39, 0.29) is 23.4 Å². The molecule has 2 fully saturated rings. The molecule has 5 rings (SSSR count). The molecule has 0 radical (unpaired) electrons. The zero-order valence-corrected chi connectivity index (χ0v) is 19.2. The van der Waals surface area contributed by atoms with Crippen molar-refractivity contribution in [1.82, 2.24) is 30.2 Å². The smallest absolute Gasteiger partial charge is 0.226 e. The van der Waals surface area contributed by atoms with Crippen LogP contribution in [0, 0.1) is 12.3 Å². The van der Waals surface area contributed by atoms with Crippen molar-refractivity contribution >= 4 is 33.5 Å². The van der Waals surface area contributed by atoms with Crippen molar-refractivity contribution in [1.29, 1.82) is 0 Å². The van der Waals surface area contributed by atoms with Crippen molar-refractivity contribution < 1.29 is 9.90 Å². The molecule has 3 aromatic rings.